The van der Waals surface area contributed by atoms with Crippen molar-refractivity contribution in [1.82, 2.24) is 10.6 Å². The molecule has 0 spiro atoms. The van der Waals surface area contributed by atoms with Gasteiger partial charge in [-0.3, -0.25) is 9.59 Å². The number of halogens is 1. The Morgan fingerprint density at radius 2 is 1.62 bits per heavy atom. The van der Waals surface area contributed by atoms with Gasteiger partial charge in [0.15, 0.2) is 0 Å². The number of carbonyl (C=O) groups is 2. The van der Waals surface area contributed by atoms with Gasteiger partial charge in [0, 0.05) is 18.7 Å². The van der Waals surface area contributed by atoms with Crippen LogP contribution in [0.15, 0.2) is 54.6 Å². The summed E-state index contributed by atoms with van der Waals surface area (Å²) in [7, 11) is -0.602. The van der Waals surface area contributed by atoms with Gasteiger partial charge in [-0.2, -0.15) is 0 Å². The lowest BCUT2D eigenvalue weighted by Crippen LogP contribution is -2.61. The number of benzene rings is 2. The van der Waals surface area contributed by atoms with Crippen molar-refractivity contribution in [3.63, 3.8) is 0 Å². The molecule has 2 aliphatic heterocycles. The Labute approximate surface area is 232 Å². The van der Waals surface area contributed by atoms with Crippen LogP contribution in [-0.4, -0.2) is 54.7 Å². The summed E-state index contributed by atoms with van der Waals surface area (Å²) in [5.41, 5.74) is 0.676. The summed E-state index contributed by atoms with van der Waals surface area (Å²) >= 11 is 0. The molecular weight excluding hydrogens is 496 g/mol. The molecule has 2 amide bonds. The van der Waals surface area contributed by atoms with E-state index in [0.29, 0.717) is 25.8 Å². The number of nitrogens with one attached hydrogen (secondary N) is 2. The Morgan fingerprint density at radius 3 is 2.15 bits per heavy atom. The van der Waals surface area contributed by atoms with Gasteiger partial charge in [-0.05, 0) is 76.3 Å². The van der Waals surface area contributed by atoms with Crippen molar-refractivity contribution in [3.05, 3.63) is 66.0 Å². The molecule has 7 nitrogen and oxygen atoms in total. The van der Waals surface area contributed by atoms with Gasteiger partial charge in [-0.1, -0.05) is 44.2 Å². The third kappa shape index (κ3) is 6.82. The number of hydrogen-bond acceptors (Lipinski definition) is 5. The Balaban J connectivity index is 1.51. The van der Waals surface area contributed by atoms with Crippen molar-refractivity contribution in [3.8, 4) is 0 Å². The number of anilines is 1. The minimum absolute atomic E-state index is 0.224. The SMILES string of the molecule is CC(C)C[C@H](NC(=O)[C@H](Cc1ccccc1)NC(=O)[C@@H]1CCN1c1ccc(F)cc1)B1OC(C)(C)C(C)(C)O1. The van der Waals surface area contributed by atoms with Crippen molar-refractivity contribution in [2.45, 2.75) is 90.0 Å². The largest absolute Gasteiger partial charge is 0.481 e. The van der Waals surface area contributed by atoms with Crippen LogP contribution in [0.4, 0.5) is 10.1 Å². The standard InChI is InChI=1S/C30H41BFN3O4/c1-20(2)18-26(31-38-29(3,4)30(5,6)39-31)34-27(36)24(19-21-10-8-7-9-11-21)33-28(37)25-16-17-35(25)23-14-12-22(32)13-15-23/h7-15,20,24-26H,16-19H2,1-6H3,(H,33,37)(H,34,36)/t24-,25-,26-/m0/s1. The van der Waals surface area contributed by atoms with Crippen molar-refractivity contribution in [2.75, 3.05) is 11.4 Å². The van der Waals surface area contributed by atoms with Crippen molar-refractivity contribution in [1.29, 1.82) is 0 Å². The van der Waals surface area contributed by atoms with Crippen LogP contribution in [0.5, 0.6) is 0 Å². The summed E-state index contributed by atoms with van der Waals surface area (Å²) in [5, 5.41) is 6.17. The summed E-state index contributed by atoms with van der Waals surface area (Å²) in [5.74, 6) is -0.917. The molecule has 0 aromatic heterocycles. The maximum Gasteiger partial charge on any atom is 0.481 e. The Kier molecular flexibility index (Phi) is 8.71. The summed E-state index contributed by atoms with van der Waals surface area (Å²) in [6.45, 7) is 12.8. The van der Waals surface area contributed by atoms with Gasteiger partial charge >= 0.3 is 7.12 Å². The minimum atomic E-state index is -0.785. The zero-order valence-electron chi connectivity index (χ0n) is 23.9. The quantitative estimate of drug-likeness (QED) is 0.442. The first-order valence-corrected chi connectivity index (χ1v) is 13.9. The molecule has 9 heteroatoms. The monoisotopic (exact) mass is 537 g/mol. The summed E-state index contributed by atoms with van der Waals surface area (Å²) in [4.78, 5) is 29.1. The molecule has 0 saturated carbocycles. The Hall–Kier alpha value is -2.91. The molecule has 0 radical (unpaired) electrons. The third-order valence-electron chi connectivity index (χ3n) is 8.05. The van der Waals surface area contributed by atoms with Gasteiger partial charge in [0.25, 0.3) is 0 Å². The fraction of sp³-hybridized carbons (Fsp3) is 0.533. The van der Waals surface area contributed by atoms with E-state index < -0.39 is 30.4 Å². The molecule has 0 bridgehead atoms. The van der Waals surface area contributed by atoms with Gasteiger partial charge in [0.2, 0.25) is 11.8 Å². The van der Waals surface area contributed by atoms with Gasteiger partial charge < -0.3 is 24.8 Å². The molecule has 2 N–H and O–H groups in total. The van der Waals surface area contributed by atoms with Gasteiger partial charge in [0.1, 0.15) is 17.9 Å². The number of amides is 2. The molecule has 0 unspecified atom stereocenters. The fourth-order valence-corrected chi connectivity index (χ4v) is 5.01. The number of nitrogens with zero attached hydrogens (tertiary/aromatic N) is 1. The Bertz CT molecular complexity index is 1130. The topological polar surface area (TPSA) is 79.9 Å². The van der Waals surface area contributed by atoms with Crippen LogP contribution in [0.25, 0.3) is 0 Å². The van der Waals surface area contributed by atoms with E-state index in [9.17, 15) is 14.0 Å². The molecule has 210 valence electrons. The van der Waals surface area contributed by atoms with Crippen LogP contribution in [0.3, 0.4) is 0 Å². The number of hydrogen-bond donors (Lipinski definition) is 2. The normalized spacial score (nSPS) is 21.3. The van der Waals surface area contributed by atoms with E-state index >= 15 is 0 Å². The molecule has 2 aromatic carbocycles. The lowest BCUT2D eigenvalue weighted by Gasteiger charge is -2.42. The highest BCUT2D eigenvalue weighted by Gasteiger charge is 2.54. The van der Waals surface area contributed by atoms with E-state index in [1.54, 1.807) is 12.1 Å². The van der Waals surface area contributed by atoms with Crippen molar-refractivity contribution < 1.29 is 23.3 Å². The van der Waals surface area contributed by atoms with Crippen molar-refractivity contribution >= 4 is 24.6 Å². The number of carbonyl (C=O) groups excluding carboxylic acids is 2. The van der Waals surface area contributed by atoms with E-state index in [2.05, 4.69) is 24.5 Å². The van der Waals surface area contributed by atoms with Gasteiger partial charge in [-0.25, -0.2) is 4.39 Å². The molecule has 3 atom stereocenters. The second kappa shape index (κ2) is 11.7. The lowest BCUT2D eigenvalue weighted by atomic mass is 9.73. The maximum atomic E-state index is 13.8. The molecule has 0 aliphatic carbocycles. The first kappa shape index (κ1) is 29.1. The number of rotatable bonds is 10. The molecule has 2 aromatic rings. The Morgan fingerprint density at radius 1 is 1.00 bits per heavy atom. The van der Waals surface area contributed by atoms with Gasteiger partial charge in [0.05, 0.1) is 17.1 Å². The van der Waals surface area contributed by atoms with Crippen LogP contribution in [-0.2, 0) is 25.3 Å². The average molecular weight is 537 g/mol. The van der Waals surface area contributed by atoms with E-state index in [1.165, 1.54) is 12.1 Å². The molecule has 2 aliphatic rings. The second-order valence-electron chi connectivity index (χ2n) is 12.1. The van der Waals surface area contributed by atoms with Crippen LogP contribution in [0.1, 0.15) is 59.9 Å². The fourth-order valence-electron chi connectivity index (χ4n) is 5.01. The van der Waals surface area contributed by atoms with Gasteiger partial charge in [-0.15, -0.1) is 0 Å². The first-order chi connectivity index (χ1) is 18.4. The maximum absolute atomic E-state index is 13.8. The van der Waals surface area contributed by atoms with Crippen LogP contribution < -0.4 is 15.5 Å². The first-order valence-electron chi connectivity index (χ1n) is 13.9. The van der Waals surface area contributed by atoms with Crippen molar-refractivity contribution in [2.24, 2.45) is 5.92 Å². The highest BCUT2D eigenvalue weighted by molar-refractivity contribution is 6.48. The summed E-state index contributed by atoms with van der Waals surface area (Å²) in [6, 6.07) is 14.6. The lowest BCUT2D eigenvalue weighted by molar-refractivity contribution is -0.130. The zero-order chi connectivity index (χ0) is 28.4. The predicted octanol–water partition coefficient (Wildman–Crippen LogP) is 4.29. The molecular formula is C30H41BFN3O4. The summed E-state index contributed by atoms with van der Waals surface area (Å²) < 4.78 is 26.0. The second-order valence-corrected chi connectivity index (χ2v) is 12.1. The van der Waals surface area contributed by atoms with E-state index in [1.807, 2.05) is 62.9 Å². The van der Waals surface area contributed by atoms with Crippen LogP contribution in [0, 0.1) is 11.7 Å². The molecule has 2 saturated heterocycles. The highest BCUT2D eigenvalue weighted by Crippen LogP contribution is 2.38. The summed E-state index contributed by atoms with van der Waals surface area (Å²) in [6.07, 6.45) is 1.67. The van der Waals surface area contributed by atoms with E-state index in [-0.39, 0.29) is 29.5 Å². The molecule has 2 heterocycles. The average Bonchev–Trinajstić information content (AvgIpc) is 3.06. The van der Waals surface area contributed by atoms with E-state index in [4.69, 9.17) is 9.31 Å². The minimum Gasteiger partial charge on any atom is -0.402 e. The van der Waals surface area contributed by atoms with E-state index in [0.717, 1.165) is 11.3 Å². The third-order valence-corrected chi connectivity index (χ3v) is 8.05. The molecule has 2 fully saturated rings. The van der Waals surface area contributed by atoms with Crippen LogP contribution >= 0.6 is 0 Å². The van der Waals surface area contributed by atoms with Crippen LogP contribution in [0.2, 0.25) is 0 Å². The zero-order valence-corrected chi connectivity index (χ0v) is 23.9. The smallest absolute Gasteiger partial charge is 0.402 e. The molecule has 4 rings (SSSR count). The molecule has 39 heavy (non-hydrogen) atoms. The highest BCUT2D eigenvalue weighted by atomic mass is 19.1. The predicted molar refractivity (Wildman–Crippen MR) is 152 cm³/mol.